The van der Waals surface area contributed by atoms with Gasteiger partial charge in [0.05, 0.1) is 10.6 Å². The van der Waals surface area contributed by atoms with E-state index in [-0.39, 0.29) is 27.7 Å². The predicted octanol–water partition coefficient (Wildman–Crippen LogP) is 3.98. The van der Waals surface area contributed by atoms with Gasteiger partial charge in [-0.2, -0.15) is 0 Å². The molecule has 3 aromatic carbocycles. The molecular weight excluding hydrogens is 428 g/mol. The number of rotatable bonds is 6. The van der Waals surface area contributed by atoms with Crippen molar-refractivity contribution in [3.63, 3.8) is 0 Å². The van der Waals surface area contributed by atoms with Gasteiger partial charge in [0.15, 0.2) is 0 Å². The number of carbonyl (C=O) groups is 2. The minimum absolute atomic E-state index is 0.113. The molecule has 0 saturated carbocycles. The van der Waals surface area contributed by atoms with E-state index in [4.69, 9.17) is 0 Å². The highest BCUT2D eigenvalue weighted by atomic mass is 32.2. The Morgan fingerprint density at radius 2 is 1.42 bits per heavy atom. The molecule has 0 fully saturated rings. The van der Waals surface area contributed by atoms with Crippen LogP contribution in [-0.4, -0.2) is 20.2 Å². The molecule has 0 aliphatic rings. The highest BCUT2D eigenvalue weighted by molar-refractivity contribution is 7.92. The number of benzene rings is 3. The van der Waals surface area contributed by atoms with Crippen molar-refractivity contribution in [2.24, 2.45) is 0 Å². The molecule has 0 heterocycles. The molecule has 0 radical (unpaired) electrons. The number of nitrogens with one attached hydrogen (secondary N) is 3. The first-order valence-corrected chi connectivity index (χ1v) is 10.4. The van der Waals surface area contributed by atoms with Crippen LogP contribution in [0.1, 0.15) is 17.3 Å². The summed E-state index contributed by atoms with van der Waals surface area (Å²) >= 11 is 0. The Morgan fingerprint density at radius 1 is 0.806 bits per heavy atom. The van der Waals surface area contributed by atoms with Crippen molar-refractivity contribution >= 4 is 38.9 Å². The van der Waals surface area contributed by atoms with E-state index < -0.39 is 27.6 Å². The molecule has 0 unspecified atom stereocenters. The minimum atomic E-state index is -4.11. The minimum Gasteiger partial charge on any atom is -0.326 e. The largest absolute Gasteiger partial charge is 0.326 e. The SMILES string of the molecule is CC(=O)Nc1ccc(NS(=O)(=O)c2ccc(NC(=O)c3ccc(F)cc3)c(F)c2)cc1. The highest BCUT2D eigenvalue weighted by Gasteiger charge is 2.18. The first kappa shape index (κ1) is 21.9. The lowest BCUT2D eigenvalue weighted by Gasteiger charge is -2.11. The van der Waals surface area contributed by atoms with Gasteiger partial charge in [0.25, 0.3) is 15.9 Å². The molecular formula is C21H17F2N3O4S. The van der Waals surface area contributed by atoms with E-state index >= 15 is 0 Å². The van der Waals surface area contributed by atoms with Crippen LogP contribution in [0.25, 0.3) is 0 Å². The molecule has 0 aliphatic carbocycles. The van der Waals surface area contributed by atoms with Crippen LogP contribution in [0.3, 0.4) is 0 Å². The quantitative estimate of drug-likeness (QED) is 0.534. The number of anilines is 3. The monoisotopic (exact) mass is 445 g/mol. The molecule has 7 nitrogen and oxygen atoms in total. The average Bonchev–Trinajstić information content (AvgIpc) is 2.71. The Morgan fingerprint density at radius 3 is 2.00 bits per heavy atom. The lowest BCUT2D eigenvalue weighted by molar-refractivity contribution is -0.114. The van der Waals surface area contributed by atoms with E-state index in [1.807, 2.05) is 0 Å². The molecule has 160 valence electrons. The molecule has 3 rings (SSSR count). The molecule has 0 atom stereocenters. The summed E-state index contributed by atoms with van der Waals surface area (Å²) in [5, 5.41) is 4.86. The Labute approximate surface area is 177 Å². The van der Waals surface area contributed by atoms with Crippen molar-refractivity contribution < 1.29 is 26.8 Å². The summed E-state index contributed by atoms with van der Waals surface area (Å²) in [6, 6.07) is 13.6. The third kappa shape index (κ3) is 5.64. The molecule has 0 spiro atoms. The fraction of sp³-hybridized carbons (Fsp3) is 0.0476. The number of halogens is 2. The van der Waals surface area contributed by atoms with Gasteiger partial charge in [0.2, 0.25) is 5.91 Å². The Balaban J connectivity index is 1.74. The summed E-state index contributed by atoms with van der Waals surface area (Å²) < 4.78 is 54.7. The van der Waals surface area contributed by atoms with Crippen LogP contribution in [0, 0.1) is 11.6 Å². The number of carbonyl (C=O) groups excluding carboxylic acids is 2. The lowest BCUT2D eigenvalue weighted by Crippen LogP contribution is -2.15. The van der Waals surface area contributed by atoms with Crippen molar-refractivity contribution in [1.29, 1.82) is 0 Å². The first-order valence-electron chi connectivity index (χ1n) is 8.91. The van der Waals surface area contributed by atoms with Crippen molar-refractivity contribution in [2.45, 2.75) is 11.8 Å². The molecule has 31 heavy (non-hydrogen) atoms. The van der Waals surface area contributed by atoms with Crippen molar-refractivity contribution in [1.82, 2.24) is 0 Å². The van der Waals surface area contributed by atoms with Crippen LogP contribution in [0.2, 0.25) is 0 Å². The predicted molar refractivity (Wildman–Crippen MR) is 112 cm³/mol. The van der Waals surface area contributed by atoms with E-state index in [1.165, 1.54) is 43.3 Å². The van der Waals surface area contributed by atoms with Gasteiger partial charge in [-0.3, -0.25) is 14.3 Å². The van der Waals surface area contributed by atoms with Crippen LogP contribution >= 0.6 is 0 Å². The number of sulfonamides is 1. The Bertz CT molecular complexity index is 1230. The topological polar surface area (TPSA) is 104 Å². The molecule has 0 aromatic heterocycles. The van der Waals surface area contributed by atoms with Gasteiger partial charge in [-0.15, -0.1) is 0 Å². The average molecular weight is 445 g/mol. The normalized spacial score (nSPS) is 10.9. The van der Waals surface area contributed by atoms with Crippen LogP contribution in [-0.2, 0) is 14.8 Å². The van der Waals surface area contributed by atoms with Crippen molar-refractivity contribution in [3.8, 4) is 0 Å². The molecule has 3 N–H and O–H groups in total. The molecule has 10 heteroatoms. The zero-order valence-electron chi connectivity index (χ0n) is 16.1. The smallest absolute Gasteiger partial charge is 0.261 e. The summed E-state index contributed by atoms with van der Waals surface area (Å²) in [4.78, 5) is 22.8. The first-order chi connectivity index (χ1) is 14.6. The number of amides is 2. The maximum Gasteiger partial charge on any atom is 0.261 e. The molecule has 2 amide bonds. The van der Waals surface area contributed by atoms with Gasteiger partial charge in [-0.1, -0.05) is 0 Å². The summed E-state index contributed by atoms with van der Waals surface area (Å²) in [5.41, 5.74) is 0.584. The zero-order valence-corrected chi connectivity index (χ0v) is 17.0. The number of hydrogen-bond acceptors (Lipinski definition) is 4. The standard InChI is InChI=1S/C21H17F2N3O4S/c1-13(27)24-16-6-8-17(9-7-16)26-31(29,30)18-10-11-20(19(23)12-18)25-21(28)14-2-4-15(22)5-3-14/h2-12,26H,1H3,(H,24,27)(H,25,28). The van der Waals surface area contributed by atoms with Gasteiger partial charge in [-0.25, -0.2) is 17.2 Å². The van der Waals surface area contributed by atoms with Crippen LogP contribution in [0.15, 0.2) is 71.6 Å². The molecule has 0 saturated heterocycles. The lowest BCUT2D eigenvalue weighted by atomic mass is 10.2. The third-order valence-corrected chi connectivity index (χ3v) is 5.44. The third-order valence-electron chi connectivity index (χ3n) is 4.06. The van der Waals surface area contributed by atoms with E-state index in [0.717, 1.165) is 30.3 Å². The van der Waals surface area contributed by atoms with Crippen LogP contribution in [0.4, 0.5) is 25.8 Å². The van der Waals surface area contributed by atoms with Crippen molar-refractivity contribution in [3.05, 3.63) is 83.9 Å². The zero-order chi connectivity index (χ0) is 22.6. The molecule has 3 aromatic rings. The summed E-state index contributed by atoms with van der Waals surface area (Å²) in [7, 11) is -4.11. The van der Waals surface area contributed by atoms with E-state index in [2.05, 4.69) is 15.4 Å². The maximum atomic E-state index is 14.4. The van der Waals surface area contributed by atoms with Gasteiger partial charge >= 0.3 is 0 Å². The van der Waals surface area contributed by atoms with E-state index in [0.29, 0.717) is 5.69 Å². The second-order valence-corrected chi connectivity index (χ2v) is 8.15. The van der Waals surface area contributed by atoms with Gasteiger partial charge in [0.1, 0.15) is 11.6 Å². The maximum absolute atomic E-state index is 14.4. The Kier molecular flexibility index (Phi) is 6.30. The summed E-state index contributed by atoms with van der Waals surface area (Å²) in [6.07, 6.45) is 0. The number of hydrogen-bond donors (Lipinski definition) is 3. The summed E-state index contributed by atoms with van der Waals surface area (Å²) in [5.74, 6) is -2.42. The van der Waals surface area contributed by atoms with Gasteiger partial charge < -0.3 is 10.6 Å². The van der Waals surface area contributed by atoms with E-state index in [9.17, 15) is 26.8 Å². The summed E-state index contributed by atoms with van der Waals surface area (Å²) in [6.45, 7) is 1.34. The molecule has 0 bridgehead atoms. The van der Waals surface area contributed by atoms with Crippen LogP contribution < -0.4 is 15.4 Å². The highest BCUT2D eigenvalue weighted by Crippen LogP contribution is 2.23. The second kappa shape index (κ2) is 8.92. The van der Waals surface area contributed by atoms with Gasteiger partial charge in [0, 0.05) is 23.9 Å². The second-order valence-electron chi connectivity index (χ2n) is 6.47. The Hall–Kier alpha value is -3.79. The molecule has 0 aliphatic heterocycles. The van der Waals surface area contributed by atoms with Crippen molar-refractivity contribution in [2.75, 3.05) is 15.4 Å². The van der Waals surface area contributed by atoms with E-state index in [1.54, 1.807) is 0 Å². The van der Waals surface area contributed by atoms with Gasteiger partial charge in [-0.05, 0) is 66.7 Å². The fourth-order valence-electron chi connectivity index (χ4n) is 2.60. The fourth-order valence-corrected chi connectivity index (χ4v) is 3.67. The van der Waals surface area contributed by atoms with Crippen LogP contribution in [0.5, 0.6) is 0 Å².